The zero-order valence-corrected chi connectivity index (χ0v) is 8.25. The van der Waals surface area contributed by atoms with E-state index in [9.17, 15) is 4.79 Å². The molecule has 1 aromatic rings. The first-order valence-electron chi connectivity index (χ1n) is 4.49. The van der Waals surface area contributed by atoms with E-state index in [4.69, 9.17) is 15.1 Å². The van der Waals surface area contributed by atoms with Crippen molar-refractivity contribution < 1.29 is 14.6 Å². The fourth-order valence-corrected chi connectivity index (χ4v) is 0.981. The Morgan fingerprint density at radius 3 is 2.60 bits per heavy atom. The summed E-state index contributed by atoms with van der Waals surface area (Å²) in [6.45, 7) is 1.47. The van der Waals surface area contributed by atoms with E-state index in [-0.39, 0.29) is 0 Å². The Bertz CT molecular complexity index is 369. The largest absolute Gasteiger partial charge is 0.455 e. The van der Waals surface area contributed by atoms with Gasteiger partial charge in [-0.05, 0) is 19.1 Å². The number of hydrogen-bond acceptors (Lipinski definition) is 4. The van der Waals surface area contributed by atoms with Crippen molar-refractivity contribution in [3.63, 3.8) is 0 Å². The van der Waals surface area contributed by atoms with Crippen molar-refractivity contribution in [2.75, 3.05) is 0 Å². The van der Waals surface area contributed by atoms with Gasteiger partial charge in [0.05, 0.1) is 11.6 Å². The molecule has 1 rings (SSSR count). The van der Waals surface area contributed by atoms with Crippen LogP contribution in [0.1, 0.15) is 17.3 Å². The maximum atomic E-state index is 11.4. The standard InChI is InChI=1S/C11H11NO3/c1-8(10(13)7-12)15-11(14)9-5-3-2-4-6-9/h2-6,8,10,13H,1H3. The van der Waals surface area contributed by atoms with Gasteiger partial charge in [0.25, 0.3) is 0 Å². The molecular weight excluding hydrogens is 194 g/mol. The molecule has 0 radical (unpaired) electrons. The molecule has 0 spiro atoms. The molecule has 0 aromatic heterocycles. The molecule has 2 unspecified atom stereocenters. The summed E-state index contributed by atoms with van der Waals surface area (Å²) in [5.74, 6) is -0.544. The first-order chi connectivity index (χ1) is 7.15. The predicted molar refractivity (Wildman–Crippen MR) is 52.9 cm³/mol. The Labute approximate surface area is 87.7 Å². The molecule has 4 heteroatoms. The number of esters is 1. The second kappa shape index (κ2) is 5.13. The van der Waals surface area contributed by atoms with Crippen LogP contribution in [0.2, 0.25) is 0 Å². The predicted octanol–water partition coefficient (Wildman–Crippen LogP) is 1.12. The third-order valence-corrected chi connectivity index (χ3v) is 1.88. The van der Waals surface area contributed by atoms with Crippen LogP contribution in [-0.4, -0.2) is 23.3 Å². The lowest BCUT2D eigenvalue weighted by Gasteiger charge is -2.13. The number of nitrogens with zero attached hydrogens (tertiary/aromatic N) is 1. The number of aliphatic hydroxyl groups excluding tert-OH is 1. The fourth-order valence-electron chi connectivity index (χ4n) is 0.981. The molecule has 0 saturated heterocycles. The van der Waals surface area contributed by atoms with Gasteiger partial charge in [0.15, 0.2) is 6.10 Å². The van der Waals surface area contributed by atoms with E-state index in [0.29, 0.717) is 5.56 Å². The smallest absolute Gasteiger partial charge is 0.338 e. The van der Waals surface area contributed by atoms with Crippen molar-refractivity contribution in [3.8, 4) is 6.07 Å². The Morgan fingerprint density at radius 2 is 2.07 bits per heavy atom. The van der Waals surface area contributed by atoms with E-state index in [1.807, 2.05) is 0 Å². The minimum atomic E-state index is -1.29. The quantitative estimate of drug-likeness (QED) is 0.593. The lowest BCUT2D eigenvalue weighted by molar-refractivity contribution is 0.00515. The van der Waals surface area contributed by atoms with Gasteiger partial charge in [-0.3, -0.25) is 0 Å². The molecule has 1 aromatic carbocycles. The Morgan fingerprint density at radius 1 is 1.47 bits per heavy atom. The van der Waals surface area contributed by atoms with Crippen LogP contribution in [0, 0.1) is 11.3 Å². The van der Waals surface area contributed by atoms with Gasteiger partial charge in [0.1, 0.15) is 6.10 Å². The van der Waals surface area contributed by atoms with Gasteiger partial charge < -0.3 is 9.84 Å². The molecule has 0 bridgehead atoms. The first-order valence-corrected chi connectivity index (χ1v) is 4.49. The van der Waals surface area contributed by atoms with Crippen LogP contribution in [0.4, 0.5) is 0 Å². The van der Waals surface area contributed by atoms with Crippen LogP contribution < -0.4 is 0 Å². The normalized spacial score (nSPS) is 13.7. The van der Waals surface area contributed by atoms with E-state index < -0.39 is 18.2 Å². The van der Waals surface area contributed by atoms with Crippen LogP contribution in [0.5, 0.6) is 0 Å². The van der Waals surface area contributed by atoms with Crippen molar-refractivity contribution in [1.82, 2.24) is 0 Å². The highest BCUT2D eigenvalue weighted by molar-refractivity contribution is 5.89. The van der Waals surface area contributed by atoms with Gasteiger partial charge >= 0.3 is 5.97 Å². The van der Waals surface area contributed by atoms with Crippen LogP contribution in [0.25, 0.3) is 0 Å². The molecule has 0 fully saturated rings. The van der Waals surface area contributed by atoms with E-state index in [1.165, 1.54) is 6.92 Å². The van der Waals surface area contributed by atoms with Crippen LogP contribution >= 0.6 is 0 Å². The van der Waals surface area contributed by atoms with Gasteiger partial charge in [0, 0.05) is 0 Å². The summed E-state index contributed by atoms with van der Waals surface area (Å²) in [6, 6.07) is 10.0. The first kappa shape index (κ1) is 11.2. The molecule has 2 atom stereocenters. The van der Waals surface area contributed by atoms with E-state index in [2.05, 4.69) is 0 Å². The molecule has 15 heavy (non-hydrogen) atoms. The number of rotatable bonds is 3. The van der Waals surface area contributed by atoms with E-state index >= 15 is 0 Å². The number of benzene rings is 1. The van der Waals surface area contributed by atoms with Crippen LogP contribution in [0.15, 0.2) is 30.3 Å². The summed E-state index contributed by atoms with van der Waals surface area (Å²) in [6.07, 6.45) is -2.12. The monoisotopic (exact) mass is 205 g/mol. The van der Waals surface area contributed by atoms with Crippen molar-refractivity contribution in [3.05, 3.63) is 35.9 Å². The number of carbonyl (C=O) groups is 1. The summed E-state index contributed by atoms with van der Waals surface area (Å²) in [7, 11) is 0. The highest BCUT2D eigenvalue weighted by Crippen LogP contribution is 2.05. The molecule has 0 saturated carbocycles. The molecule has 0 heterocycles. The number of hydrogen-bond donors (Lipinski definition) is 1. The lowest BCUT2D eigenvalue weighted by atomic mass is 10.2. The lowest BCUT2D eigenvalue weighted by Crippen LogP contribution is -2.27. The third-order valence-electron chi connectivity index (χ3n) is 1.88. The Kier molecular flexibility index (Phi) is 3.83. The topological polar surface area (TPSA) is 70.3 Å². The van der Waals surface area contributed by atoms with Gasteiger partial charge in [0.2, 0.25) is 0 Å². The minimum Gasteiger partial charge on any atom is -0.455 e. The zero-order valence-electron chi connectivity index (χ0n) is 8.25. The molecule has 78 valence electrons. The second-order valence-electron chi connectivity index (χ2n) is 3.05. The number of aliphatic hydroxyl groups is 1. The van der Waals surface area contributed by atoms with Crippen molar-refractivity contribution in [1.29, 1.82) is 5.26 Å². The number of carbonyl (C=O) groups excluding carboxylic acids is 1. The highest BCUT2D eigenvalue weighted by atomic mass is 16.6. The summed E-state index contributed by atoms with van der Waals surface area (Å²) >= 11 is 0. The van der Waals surface area contributed by atoms with E-state index in [1.54, 1.807) is 36.4 Å². The summed E-state index contributed by atoms with van der Waals surface area (Å²) < 4.78 is 4.88. The van der Waals surface area contributed by atoms with Crippen LogP contribution in [-0.2, 0) is 4.74 Å². The summed E-state index contributed by atoms with van der Waals surface area (Å²) in [5, 5.41) is 17.5. The number of ether oxygens (including phenoxy) is 1. The van der Waals surface area contributed by atoms with Crippen molar-refractivity contribution in [2.24, 2.45) is 0 Å². The van der Waals surface area contributed by atoms with Crippen molar-refractivity contribution in [2.45, 2.75) is 19.1 Å². The maximum absolute atomic E-state index is 11.4. The second-order valence-corrected chi connectivity index (χ2v) is 3.05. The molecule has 4 nitrogen and oxygen atoms in total. The third kappa shape index (κ3) is 3.08. The van der Waals surface area contributed by atoms with Gasteiger partial charge in [-0.1, -0.05) is 18.2 Å². The van der Waals surface area contributed by atoms with Gasteiger partial charge in [-0.15, -0.1) is 0 Å². The van der Waals surface area contributed by atoms with E-state index in [0.717, 1.165) is 0 Å². The Hall–Kier alpha value is -1.86. The zero-order chi connectivity index (χ0) is 11.3. The minimum absolute atomic E-state index is 0.398. The molecule has 0 aliphatic heterocycles. The average molecular weight is 205 g/mol. The molecule has 0 aliphatic carbocycles. The average Bonchev–Trinajstić information content (AvgIpc) is 2.29. The number of nitriles is 1. The molecule has 0 aliphatic rings. The van der Waals surface area contributed by atoms with Crippen molar-refractivity contribution >= 4 is 5.97 Å². The van der Waals surface area contributed by atoms with Crippen LogP contribution in [0.3, 0.4) is 0 Å². The summed E-state index contributed by atoms with van der Waals surface area (Å²) in [4.78, 5) is 11.4. The molecule has 1 N–H and O–H groups in total. The SMILES string of the molecule is CC(OC(=O)c1ccccc1)C(O)C#N. The highest BCUT2D eigenvalue weighted by Gasteiger charge is 2.18. The maximum Gasteiger partial charge on any atom is 0.338 e. The Balaban J connectivity index is 2.62. The fraction of sp³-hybridized carbons (Fsp3) is 0.273. The molecular formula is C11H11NO3. The van der Waals surface area contributed by atoms with Gasteiger partial charge in [-0.25, -0.2) is 4.79 Å². The van der Waals surface area contributed by atoms with Gasteiger partial charge in [-0.2, -0.15) is 5.26 Å². The molecule has 0 amide bonds. The summed E-state index contributed by atoms with van der Waals surface area (Å²) in [5.41, 5.74) is 0.398.